The maximum absolute atomic E-state index is 11.5. The topological polar surface area (TPSA) is 30.7 Å². The van der Waals surface area contributed by atoms with Crippen LogP contribution in [0.2, 0.25) is 0 Å². The van der Waals surface area contributed by atoms with Gasteiger partial charge in [0.05, 0.1) is 20.2 Å². The van der Waals surface area contributed by atoms with Crippen molar-refractivity contribution in [1.29, 1.82) is 0 Å². The van der Waals surface area contributed by atoms with Crippen molar-refractivity contribution in [3.63, 3.8) is 0 Å². The highest BCUT2D eigenvalue weighted by Gasteiger charge is 2.18. The van der Waals surface area contributed by atoms with Crippen LogP contribution in [0, 0.1) is 0 Å². The molecule has 3 heteroatoms. The van der Waals surface area contributed by atoms with Crippen molar-refractivity contribution in [2.75, 3.05) is 20.2 Å². The van der Waals surface area contributed by atoms with Crippen LogP contribution in [0.1, 0.15) is 24.2 Å². The molecular weight excluding hydrogens is 190 g/mol. The molecule has 1 aromatic carbocycles. The number of carbonyl (C=O) groups excluding carboxylic acids is 1. The second kappa shape index (κ2) is 5.51. The van der Waals surface area contributed by atoms with Crippen molar-refractivity contribution in [2.24, 2.45) is 0 Å². The summed E-state index contributed by atoms with van der Waals surface area (Å²) in [7, 11) is 1.41. The molecule has 0 fully saturated rings. The highest BCUT2D eigenvalue weighted by atomic mass is 16.5. The van der Waals surface area contributed by atoms with Crippen LogP contribution in [-0.2, 0) is 4.74 Å². The standard InChI is InChI=1S/C12H17NO2/c1-4-13(5-2)11-9-7-6-8-10(11)12(14)15-3/h6-9H,4-5H2,1-3H3/p+1. The molecule has 0 saturated heterocycles. The number of ether oxygens (including phenoxy) is 1. The van der Waals surface area contributed by atoms with Gasteiger partial charge in [-0.2, -0.15) is 0 Å². The molecule has 1 rings (SSSR count). The molecule has 0 amide bonds. The largest absolute Gasteiger partial charge is 0.465 e. The number of nitrogens with one attached hydrogen (secondary N) is 1. The average Bonchev–Trinajstić information content (AvgIpc) is 2.30. The summed E-state index contributed by atoms with van der Waals surface area (Å²) >= 11 is 0. The molecule has 1 aromatic rings. The Labute approximate surface area is 90.7 Å². The van der Waals surface area contributed by atoms with Gasteiger partial charge in [0.1, 0.15) is 11.3 Å². The normalized spacial score (nSPS) is 10.4. The zero-order valence-electron chi connectivity index (χ0n) is 9.54. The molecule has 0 radical (unpaired) electrons. The van der Waals surface area contributed by atoms with E-state index in [4.69, 9.17) is 4.74 Å². The van der Waals surface area contributed by atoms with Crippen molar-refractivity contribution in [2.45, 2.75) is 13.8 Å². The van der Waals surface area contributed by atoms with E-state index in [0.29, 0.717) is 5.56 Å². The van der Waals surface area contributed by atoms with E-state index in [1.807, 2.05) is 24.3 Å². The number of hydrogen-bond acceptors (Lipinski definition) is 2. The predicted octanol–water partition coefficient (Wildman–Crippen LogP) is 1.03. The number of esters is 1. The Morgan fingerprint density at radius 1 is 1.27 bits per heavy atom. The molecule has 3 nitrogen and oxygen atoms in total. The molecule has 1 N–H and O–H groups in total. The third-order valence-corrected chi connectivity index (χ3v) is 2.57. The van der Waals surface area contributed by atoms with E-state index >= 15 is 0 Å². The first-order valence-electron chi connectivity index (χ1n) is 5.27. The number of rotatable bonds is 4. The fraction of sp³-hybridized carbons (Fsp3) is 0.417. The molecule has 0 spiro atoms. The summed E-state index contributed by atoms with van der Waals surface area (Å²) in [6.07, 6.45) is 0. The van der Waals surface area contributed by atoms with Crippen LogP contribution >= 0.6 is 0 Å². The molecule has 0 aliphatic heterocycles. The molecule has 0 unspecified atom stereocenters. The zero-order valence-corrected chi connectivity index (χ0v) is 9.54. The zero-order chi connectivity index (χ0) is 11.3. The molecule has 0 saturated carbocycles. The van der Waals surface area contributed by atoms with Gasteiger partial charge in [-0.1, -0.05) is 12.1 Å². The molecule has 0 aromatic heterocycles. The number of methoxy groups -OCH3 is 1. The van der Waals surface area contributed by atoms with Crippen LogP contribution in [0.5, 0.6) is 0 Å². The first-order chi connectivity index (χ1) is 7.24. The number of carbonyl (C=O) groups is 1. The Hall–Kier alpha value is -1.35. The van der Waals surface area contributed by atoms with Crippen LogP contribution in [0.15, 0.2) is 24.3 Å². The van der Waals surface area contributed by atoms with Gasteiger partial charge in [0.25, 0.3) is 0 Å². The van der Waals surface area contributed by atoms with E-state index in [9.17, 15) is 4.79 Å². The third kappa shape index (κ3) is 2.57. The van der Waals surface area contributed by atoms with Crippen LogP contribution in [0.4, 0.5) is 5.69 Å². The minimum atomic E-state index is -0.259. The summed E-state index contributed by atoms with van der Waals surface area (Å²) < 4.78 is 4.76. The summed E-state index contributed by atoms with van der Waals surface area (Å²) in [6, 6.07) is 7.60. The number of benzene rings is 1. The fourth-order valence-corrected chi connectivity index (χ4v) is 1.71. The van der Waals surface area contributed by atoms with E-state index in [1.165, 1.54) is 12.0 Å². The van der Waals surface area contributed by atoms with Gasteiger partial charge in [-0.15, -0.1) is 0 Å². The average molecular weight is 208 g/mol. The minimum absolute atomic E-state index is 0.259. The molecule has 0 aliphatic carbocycles. The minimum Gasteiger partial charge on any atom is -0.465 e. The summed E-state index contributed by atoms with van der Waals surface area (Å²) in [5, 5.41) is 0. The Morgan fingerprint density at radius 3 is 2.40 bits per heavy atom. The maximum Gasteiger partial charge on any atom is 0.343 e. The summed E-state index contributed by atoms with van der Waals surface area (Å²) in [5.41, 5.74) is 1.69. The lowest BCUT2D eigenvalue weighted by molar-refractivity contribution is -0.828. The predicted molar refractivity (Wildman–Crippen MR) is 59.5 cm³/mol. The molecule has 0 aliphatic rings. The van der Waals surface area contributed by atoms with Gasteiger partial charge >= 0.3 is 5.97 Å². The number of para-hydroxylation sites is 1. The van der Waals surface area contributed by atoms with Gasteiger partial charge in [0.2, 0.25) is 0 Å². The summed E-state index contributed by atoms with van der Waals surface area (Å²) in [6.45, 7) is 6.13. The molecule has 0 bridgehead atoms. The van der Waals surface area contributed by atoms with E-state index < -0.39 is 0 Å². The molecular formula is C12H18NO2+. The quantitative estimate of drug-likeness (QED) is 0.749. The number of quaternary nitrogens is 1. The van der Waals surface area contributed by atoms with Crippen molar-refractivity contribution >= 4 is 11.7 Å². The van der Waals surface area contributed by atoms with Crippen LogP contribution < -0.4 is 4.90 Å². The summed E-state index contributed by atoms with van der Waals surface area (Å²) in [4.78, 5) is 12.8. The SMILES string of the molecule is CC[NH+](CC)c1ccccc1C(=O)OC. The van der Waals surface area contributed by atoms with Crippen LogP contribution in [0.3, 0.4) is 0 Å². The third-order valence-electron chi connectivity index (χ3n) is 2.57. The lowest BCUT2D eigenvalue weighted by Crippen LogP contribution is -3.06. The lowest BCUT2D eigenvalue weighted by Gasteiger charge is -2.17. The van der Waals surface area contributed by atoms with E-state index in [0.717, 1.165) is 18.8 Å². The van der Waals surface area contributed by atoms with Crippen molar-refractivity contribution in [3.8, 4) is 0 Å². The summed E-state index contributed by atoms with van der Waals surface area (Å²) in [5.74, 6) is -0.259. The molecule has 0 heterocycles. The number of hydrogen-bond donors (Lipinski definition) is 1. The monoisotopic (exact) mass is 208 g/mol. The van der Waals surface area contributed by atoms with Crippen LogP contribution in [0.25, 0.3) is 0 Å². The van der Waals surface area contributed by atoms with Crippen molar-refractivity contribution in [3.05, 3.63) is 29.8 Å². The second-order valence-corrected chi connectivity index (χ2v) is 3.35. The Morgan fingerprint density at radius 2 is 1.87 bits per heavy atom. The van der Waals surface area contributed by atoms with Crippen LogP contribution in [-0.4, -0.2) is 26.2 Å². The maximum atomic E-state index is 11.5. The van der Waals surface area contributed by atoms with Gasteiger partial charge in [-0.3, -0.25) is 0 Å². The smallest absolute Gasteiger partial charge is 0.343 e. The highest BCUT2D eigenvalue weighted by Crippen LogP contribution is 2.11. The highest BCUT2D eigenvalue weighted by molar-refractivity contribution is 5.93. The van der Waals surface area contributed by atoms with Gasteiger partial charge in [0, 0.05) is 0 Å². The van der Waals surface area contributed by atoms with E-state index in [1.54, 1.807) is 0 Å². The Bertz CT molecular complexity index is 332. The second-order valence-electron chi connectivity index (χ2n) is 3.35. The molecule has 0 atom stereocenters. The van der Waals surface area contributed by atoms with E-state index in [2.05, 4.69) is 13.8 Å². The Kier molecular flexibility index (Phi) is 4.31. The van der Waals surface area contributed by atoms with Gasteiger partial charge in [-0.25, -0.2) is 4.79 Å². The van der Waals surface area contributed by atoms with E-state index in [-0.39, 0.29) is 5.97 Å². The first-order valence-corrected chi connectivity index (χ1v) is 5.27. The van der Waals surface area contributed by atoms with Gasteiger partial charge in [0.15, 0.2) is 0 Å². The van der Waals surface area contributed by atoms with Crippen molar-refractivity contribution < 1.29 is 14.4 Å². The molecule has 15 heavy (non-hydrogen) atoms. The first kappa shape index (κ1) is 11.7. The molecule has 82 valence electrons. The lowest BCUT2D eigenvalue weighted by atomic mass is 10.1. The Balaban J connectivity index is 3.10. The fourth-order valence-electron chi connectivity index (χ4n) is 1.71. The van der Waals surface area contributed by atoms with Gasteiger partial charge < -0.3 is 9.64 Å². The van der Waals surface area contributed by atoms with Gasteiger partial charge in [-0.05, 0) is 26.0 Å². The van der Waals surface area contributed by atoms with Crippen molar-refractivity contribution in [1.82, 2.24) is 0 Å².